The summed E-state index contributed by atoms with van der Waals surface area (Å²) in [4.78, 5) is 14.2. The number of carbonyl (C=O) groups excluding carboxylic acids is 1. The maximum atomic E-state index is 12.2. The quantitative estimate of drug-likeness (QED) is 0.837. The molecule has 28 heavy (non-hydrogen) atoms. The minimum Gasteiger partial charge on any atom is -0.378 e. The van der Waals surface area contributed by atoms with E-state index in [1.807, 2.05) is 43.3 Å². The molecule has 1 aliphatic rings. The molecule has 2 aromatic rings. The fourth-order valence-electron chi connectivity index (χ4n) is 3.22. The SMILES string of the molecule is CC(=O)N1N=C(c2cccc(NS(C)(=O)=O)c2)C[C@H]1c1cccc(N(C)C)c1. The summed E-state index contributed by atoms with van der Waals surface area (Å²) >= 11 is 0. The van der Waals surface area contributed by atoms with Gasteiger partial charge in [0.1, 0.15) is 0 Å². The lowest BCUT2D eigenvalue weighted by Crippen LogP contribution is -2.24. The van der Waals surface area contributed by atoms with Gasteiger partial charge in [0.2, 0.25) is 15.9 Å². The summed E-state index contributed by atoms with van der Waals surface area (Å²) in [6.45, 7) is 1.50. The summed E-state index contributed by atoms with van der Waals surface area (Å²) in [5.41, 5.74) is 4.05. The van der Waals surface area contributed by atoms with Crippen LogP contribution in [0.3, 0.4) is 0 Å². The van der Waals surface area contributed by atoms with Gasteiger partial charge in [0, 0.05) is 38.8 Å². The zero-order chi connectivity index (χ0) is 20.5. The Labute approximate surface area is 165 Å². The molecule has 1 N–H and O–H groups in total. The van der Waals surface area contributed by atoms with Crippen LogP contribution >= 0.6 is 0 Å². The standard InChI is InChI=1S/C20H24N4O3S/c1-14(25)24-20(16-8-6-10-18(12-16)23(2)3)13-19(21-24)15-7-5-9-17(11-15)22-28(4,26)27/h5-12,20,22H,13H2,1-4H3/t20-/m0/s1. The first-order valence-electron chi connectivity index (χ1n) is 8.87. The molecule has 2 aromatic carbocycles. The van der Waals surface area contributed by atoms with Crippen LogP contribution in [0, 0.1) is 0 Å². The largest absolute Gasteiger partial charge is 0.378 e. The van der Waals surface area contributed by atoms with Crippen molar-refractivity contribution in [2.24, 2.45) is 5.10 Å². The van der Waals surface area contributed by atoms with Crippen LogP contribution in [0.1, 0.15) is 30.5 Å². The fourth-order valence-corrected chi connectivity index (χ4v) is 3.78. The number of hydrazone groups is 1. The molecule has 0 saturated heterocycles. The molecule has 7 nitrogen and oxygen atoms in total. The molecule has 0 bridgehead atoms. The van der Waals surface area contributed by atoms with Gasteiger partial charge in [-0.05, 0) is 35.4 Å². The highest BCUT2D eigenvalue weighted by Gasteiger charge is 2.31. The van der Waals surface area contributed by atoms with Gasteiger partial charge in [0.25, 0.3) is 0 Å². The molecule has 8 heteroatoms. The van der Waals surface area contributed by atoms with Crippen molar-refractivity contribution in [2.45, 2.75) is 19.4 Å². The van der Waals surface area contributed by atoms with Crippen molar-refractivity contribution in [1.29, 1.82) is 0 Å². The second kappa shape index (κ2) is 7.63. The molecule has 0 fully saturated rings. The van der Waals surface area contributed by atoms with E-state index >= 15 is 0 Å². The number of anilines is 2. The van der Waals surface area contributed by atoms with E-state index in [1.165, 1.54) is 11.9 Å². The van der Waals surface area contributed by atoms with Crippen molar-refractivity contribution in [1.82, 2.24) is 5.01 Å². The van der Waals surface area contributed by atoms with E-state index in [4.69, 9.17) is 0 Å². The van der Waals surface area contributed by atoms with E-state index in [9.17, 15) is 13.2 Å². The first kappa shape index (κ1) is 19.9. The first-order chi connectivity index (χ1) is 13.1. The molecule has 0 spiro atoms. The van der Waals surface area contributed by atoms with E-state index in [0.29, 0.717) is 12.1 Å². The lowest BCUT2D eigenvalue weighted by Gasteiger charge is -2.22. The third-order valence-corrected chi connectivity index (χ3v) is 5.11. The van der Waals surface area contributed by atoms with Crippen LogP contribution in [0.4, 0.5) is 11.4 Å². The van der Waals surface area contributed by atoms with E-state index in [-0.39, 0.29) is 11.9 Å². The van der Waals surface area contributed by atoms with Gasteiger partial charge < -0.3 is 4.90 Å². The van der Waals surface area contributed by atoms with Crippen LogP contribution < -0.4 is 9.62 Å². The van der Waals surface area contributed by atoms with Crippen molar-refractivity contribution in [3.63, 3.8) is 0 Å². The van der Waals surface area contributed by atoms with Gasteiger partial charge in [-0.3, -0.25) is 9.52 Å². The topological polar surface area (TPSA) is 82.1 Å². The average molecular weight is 401 g/mol. The molecule has 0 radical (unpaired) electrons. The molecule has 0 aromatic heterocycles. The maximum Gasteiger partial charge on any atom is 0.240 e. The molecule has 1 aliphatic heterocycles. The Hall–Kier alpha value is -2.87. The Balaban J connectivity index is 1.93. The second-order valence-electron chi connectivity index (χ2n) is 7.07. The smallest absolute Gasteiger partial charge is 0.240 e. The molecule has 1 heterocycles. The average Bonchev–Trinajstić information content (AvgIpc) is 3.06. The van der Waals surface area contributed by atoms with E-state index < -0.39 is 10.0 Å². The zero-order valence-corrected chi connectivity index (χ0v) is 17.2. The number of nitrogens with zero attached hydrogens (tertiary/aromatic N) is 3. The summed E-state index contributed by atoms with van der Waals surface area (Å²) in [5, 5.41) is 6.04. The molecule has 148 valence electrons. The van der Waals surface area contributed by atoms with Crippen LogP contribution in [0.15, 0.2) is 53.6 Å². The van der Waals surface area contributed by atoms with Crippen molar-refractivity contribution in [3.05, 3.63) is 59.7 Å². The summed E-state index contributed by atoms with van der Waals surface area (Å²) in [7, 11) is 0.574. The molecule has 1 amide bonds. The Morgan fingerprint density at radius 1 is 1.18 bits per heavy atom. The summed E-state index contributed by atoms with van der Waals surface area (Å²) < 4.78 is 25.5. The fraction of sp³-hybridized carbons (Fsp3) is 0.300. The Bertz CT molecular complexity index is 1030. The van der Waals surface area contributed by atoms with Crippen molar-refractivity contribution >= 4 is 33.0 Å². The monoisotopic (exact) mass is 400 g/mol. The molecule has 0 unspecified atom stereocenters. The van der Waals surface area contributed by atoms with Gasteiger partial charge in [0.15, 0.2) is 0 Å². The Kier molecular flexibility index (Phi) is 5.42. The molecule has 1 atom stereocenters. The van der Waals surface area contributed by atoms with E-state index in [1.54, 1.807) is 18.2 Å². The van der Waals surface area contributed by atoms with Gasteiger partial charge >= 0.3 is 0 Å². The van der Waals surface area contributed by atoms with Gasteiger partial charge in [-0.2, -0.15) is 5.10 Å². The van der Waals surface area contributed by atoms with Crippen LogP contribution in [-0.4, -0.2) is 45.4 Å². The van der Waals surface area contributed by atoms with E-state index in [2.05, 4.69) is 15.9 Å². The zero-order valence-electron chi connectivity index (χ0n) is 16.4. The normalized spacial score (nSPS) is 16.6. The highest BCUT2D eigenvalue weighted by Crippen LogP contribution is 2.34. The number of rotatable bonds is 5. The minimum absolute atomic E-state index is 0.138. The highest BCUT2D eigenvalue weighted by atomic mass is 32.2. The summed E-state index contributed by atoms with van der Waals surface area (Å²) in [6.07, 6.45) is 1.66. The number of carbonyl (C=O) groups is 1. The highest BCUT2D eigenvalue weighted by molar-refractivity contribution is 7.92. The van der Waals surface area contributed by atoms with Gasteiger partial charge in [-0.1, -0.05) is 24.3 Å². The molecular weight excluding hydrogens is 376 g/mol. The molecular formula is C20H24N4O3S. The number of nitrogens with one attached hydrogen (secondary N) is 1. The first-order valence-corrected chi connectivity index (χ1v) is 10.8. The predicted molar refractivity (Wildman–Crippen MR) is 112 cm³/mol. The maximum absolute atomic E-state index is 12.2. The lowest BCUT2D eigenvalue weighted by atomic mass is 9.97. The van der Waals surface area contributed by atoms with Crippen LogP contribution in [0.2, 0.25) is 0 Å². The van der Waals surface area contributed by atoms with Gasteiger partial charge in [0.05, 0.1) is 18.0 Å². The number of benzene rings is 2. The van der Waals surface area contributed by atoms with Gasteiger partial charge in [-0.25, -0.2) is 13.4 Å². The number of hydrogen-bond acceptors (Lipinski definition) is 5. The second-order valence-corrected chi connectivity index (χ2v) is 8.82. The van der Waals surface area contributed by atoms with Crippen LogP contribution in [0.5, 0.6) is 0 Å². The minimum atomic E-state index is -3.37. The van der Waals surface area contributed by atoms with Crippen LogP contribution in [-0.2, 0) is 14.8 Å². The molecule has 0 aliphatic carbocycles. The predicted octanol–water partition coefficient (Wildman–Crippen LogP) is 2.82. The number of amides is 1. The molecule has 3 rings (SSSR count). The van der Waals surface area contributed by atoms with Gasteiger partial charge in [-0.15, -0.1) is 0 Å². The van der Waals surface area contributed by atoms with Crippen molar-refractivity contribution < 1.29 is 13.2 Å². The number of sulfonamides is 1. The summed E-state index contributed by atoms with van der Waals surface area (Å²) in [5.74, 6) is -0.138. The number of hydrogen-bond donors (Lipinski definition) is 1. The van der Waals surface area contributed by atoms with Crippen molar-refractivity contribution in [3.8, 4) is 0 Å². The van der Waals surface area contributed by atoms with Crippen LogP contribution in [0.25, 0.3) is 0 Å². The molecule has 0 saturated carbocycles. The van der Waals surface area contributed by atoms with Crippen molar-refractivity contribution in [2.75, 3.05) is 30.0 Å². The Morgan fingerprint density at radius 2 is 1.89 bits per heavy atom. The lowest BCUT2D eigenvalue weighted by molar-refractivity contribution is -0.130. The third-order valence-electron chi connectivity index (χ3n) is 4.50. The van der Waals surface area contributed by atoms with E-state index in [0.717, 1.165) is 28.8 Å². The third kappa shape index (κ3) is 4.51. The Morgan fingerprint density at radius 3 is 2.54 bits per heavy atom. The summed E-state index contributed by atoms with van der Waals surface area (Å²) in [6, 6.07) is 14.9.